The normalized spacial score (nSPS) is 12.5. The molecule has 0 saturated heterocycles. The predicted molar refractivity (Wildman–Crippen MR) is 118 cm³/mol. The summed E-state index contributed by atoms with van der Waals surface area (Å²) in [5.74, 6) is -0.761. The molecule has 0 unspecified atom stereocenters. The zero-order valence-electron chi connectivity index (χ0n) is 17.8. The Labute approximate surface area is 193 Å². The van der Waals surface area contributed by atoms with Crippen molar-refractivity contribution in [3.05, 3.63) is 52.5 Å². The molecule has 0 saturated carbocycles. The third-order valence-electron chi connectivity index (χ3n) is 4.33. The van der Waals surface area contributed by atoms with Gasteiger partial charge in [-0.05, 0) is 54.8 Å². The molecule has 0 bridgehead atoms. The predicted octanol–water partition coefficient (Wildman–Crippen LogP) is 4.42. The van der Waals surface area contributed by atoms with E-state index in [4.69, 9.17) is 15.3 Å². The number of carbonyl (C=O) groups is 1. The van der Waals surface area contributed by atoms with Crippen LogP contribution in [0.15, 0.2) is 51.2 Å². The van der Waals surface area contributed by atoms with Crippen LogP contribution in [0.2, 0.25) is 0 Å². The van der Waals surface area contributed by atoms with Crippen molar-refractivity contribution >= 4 is 32.9 Å². The number of nitrogens with one attached hydrogen (secondary N) is 2. The molecule has 33 heavy (non-hydrogen) atoms. The van der Waals surface area contributed by atoms with Crippen LogP contribution in [0.4, 0.5) is 13.2 Å². The lowest BCUT2D eigenvalue weighted by molar-refractivity contribution is -0.136. The number of carboxylic acids is 1. The number of allylic oxidation sites excluding steroid dienone is 2. The Balaban J connectivity index is 2.42. The number of aryl methyl sites for hydroxylation is 1. The summed E-state index contributed by atoms with van der Waals surface area (Å²) in [6.07, 6.45) is -3.52. The Morgan fingerprint density at radius 3 is 2.55 bits per heavy atom. The fourth-order valence-electron chi connectivity index (χ4n) is 2.72. The lowest BCUT2D eigenvalue weighted by Crippen LogP contribution is -2.24. The minimum Gasteiger partial charge on any atom is -0.494 e. The van der Waals surface area contributed by atoms with Gasteiger partial charge in [0.25, 0.3) is 0 Å². The van der Waals surface area contributed by atoms with E-state index in [9.17, 15) is 26.4 Å². The van der Waals surface area contributed by atoms with Crippen LogP contribution in [0.5, 0.6) is 5.75 Å². The number of carboxylic acid groups (broad SMARTS) is 1. The summed E-state index contributed by atoms with van der Waals surface area (Å²) in [7, 11) is -3.01. The second-order valence-electron chi connectivity index (χ2n) is 6.90. The zero-order chi connectivity index (χ0) is 24.8. The monoisotopic (exact) mass is 504 g/mol. The van der Waals surface area contributed by atoms with E-state index in [2.05, 4.69) is 0 Å². The molecule has 0 aliphatic rings. The third-order valence-corrected chi connectivity index (χ3v) is 7.67. The lowest BCUT2D eigenvalue weighted by atomic mass is 10.1. The molecule has 0 aliphatic heterocycles. The number of ether oxygens (including phenoxy) is 1. The van der Waals surface area contributed by atoms with Crippen LogP contribution in [-0.2, 0) is 21.1 Å². The Hall–Kier alpha value is -2.86. The van der Waals surface area contributed by atoms with Gasteiger partial charge in [0, 0.05) is 13.5 Å². The fraction of sp³-hybridized carbons (Fsp3) is 0.333. The number of aliphatic carboxylic acids is 1. The molecule has 0 atom stereocenters. The molecule has 0 spiro atoms. The smallest absolute Gasteiger partial charge is 0.430 e. The maximum absolute atomic E-state index is 13.2. The SMILES string of the molecule is CCCOc1cc(CCC(=O)O)cc(S(=O)(=O)c2ccc(C(=N)/C=C(\NC)C(F)(F)F)s2)c1. The van der Waals surface area contributed by atoms with Gasteiger partial charge in [-0.3, -0.25) is 10.2 Å². The molecule has 0 amide bonds. The highest BCUT2D eigenvalue weighted by Crippen LogP contribution is 2.32. The summed E-state index contributed by atoms with van der Waals surface area (Å²) in [6, 6.07) is 6.74. The Bertz CT molecular complexity index is 1150. The maximum Gasteiger partial charge on any atom is 0.430 e. The fourth-order valence-corrected chi connectivity index (χ4v) is 5.43. The molecule has 2 aromatic rings. The minimum atomic E-state index is -4.68. The van der Waals surface area contributed by atoms with Gasteiger partial charge in [0.05, 0.1) is 22.1 Å². The molecule has 2 rings (SSSR count). The summed E-state index contributed by atoms with van der Waals surface area (Å²) in [4.78, 5) is 10.8. The van der Waals surface area contributed by atoms with E-state index in [0.717, 1.165) is 7.05 Å². The van der Waals surface area contributed by atoms with Gasteiger partial charge in [-0.1, -0.05) is 6.92 Å². The molecule has 1 heterocycles. The number of rotatable bonds is 11. The first-order valence-corrected chi connectivity index (χ1v) is 12.1. The van der Waals surface area contributed by atoms with Crippen molar-refractivity contribution in [2.24, 2.45) is 0 Å². The topological polar surface area (TPSA) is 117 Å². The maximum atomic E-state index is 13.2. The van der Waals surface area contributed by atoms with Crippen LogP contribution in [0.3, 0.4) is 0 Å². The Morgan fingerprint density at radius 1 is 1.27 bits per heavy atom. The highest BCUT2D eigenvalue weighted by atomic mass is 32.2. The largest absolute Gasteiger partial charge is 0.494 e. The van der Waals surface area contributed by atoms with Crippen molar-refractivity contribution in [2.45, 2.75) is 41.5 Å². The van der Waals surface area contributed by atoms with E-state index >= 15 is 0 Å². The number of thiophene rings is 1. The molecule has 7 nitrogen and oxygen atoms in total. The molecule has 0 aliphatic carbocycles. The highest BCUT2D eigenvalue weighted by Gasteiger charge is 2.33. The molecular formula is C21H23F3N2O5S2. The van der Waals surface area contributed by atoms with Gasteiger partial charge < -0.3 is 15.2 Å². The molecule has 3 N–H and O–H groups in total. The minimum absolute atomic E-state index is 0.0371. The number of halogens is 3. The molecular weight excluding hydrogens is 481 g/mol. The van der Waals surface area contributed by atoms with Gasteiger partial charge in [-0.25, -0.2) is 8.42 Å². The van der Waals surface area contributed by atoms with Gasteiger partial charge >= 0.3 is 12.1 Å². The third kappa shape index (κ3) is 7.06. The summed E-state index contributed by atoms with van der Waals surface area (Å²) in [6.45, 7) is 2.21. The summed E-state index contributed by atoms with van der Waals surface area (Å²) < 4.78 is 70.5. The van der Waals surface area contributed by atoms with Crippen molar-refractivity contribution in [2.75, 3.05) is 13.7 Å². The van der Waals surface area contributed by atoms with Crippen molar-refractivity contribution in [1.29, 1.82) is 5.41 Å². The Kier molecular flexibility index (Phi) is 8.67. The quantitative estimate of drug-likeness (QED) is 0.390. The van der Waals surface area contributed by atoms with E-state index in [1.165, 1.54) is 24.3 Å². The van der Waals surface area contributed by atoms with Gasteiger partial charge in [0.1, 0.15) is 15.7 Å². The van der Waals surface area contributed by atoms with Crippen molar-refractivity contribution in [3.63, 3.8) is 0 Å². The average molecular weight is 505 g/mol. The molecule has 180 valence electrons. The second kappa shape index (κ2) is 10.8. The van der Waals surface area contributed by atoms with E-state index in [1.54, 1.807) is 6.07 Å². The highest BCUT2D eigenvalue weighted by molar-refractivity contribution is 7.93. The number of sulfone groups is 1. The number of hydrogen-bond acceptors (Lipinski definition) is 7. The number of hydrogen-bond donors (Lipinski definition) is 3. The van der Waals surface area contributed by atoms with E-state index in [0.29, 0.717) is 36.0 Å². The van der Waals surface area contributed by atoms with E-state index < -0.39 is 33.4 Å². The zero-order valence-corrected chi connectivity index (χ0v) is 19.5. The van der Waals surface area contributed by atoms with Gasteiger partial charge in [0.15, 0.2) is 0 Å². The average Bonchev–Trinajstić information content (AvgIpc) is 3.24. The van der Waals surface area contributed by atoms with Crippen LogP contribution in [0, 0.1) is 5.41 Å². The summed E-state index contributed by atoms with van der Waals surface area (Å²) in [5.41, 5.74) is -1.17. The van der Waals surface area contributed by atoms with Gasteiger partial charge in [-0.2, -0.15) is 13.2 Å². The second-order valence-corrected chi connectivity index (χ2v) is 10.2. The first-order valence-electron chi connectivity index (χ1n) is 9.77. The van der Waals surface area contributed by atoms with Crippen LogP contribution in [0.25, 0.3) is 0 Å². The number of alkyl halides is 3. The van der Waals surface area contributed by atoms with Crippen molar-refractivity contribution in [3.8, 4) is 5.75 Å². The van der Waals surface area contributed by atoms with Crippen LogP contribution in [-0.4, -0.2) is 45.0 Å². The molecule has 12 heteroatoms. The molecule has 1 aromatic carbocycles. The van der Waals surface area contributed by atoms with Crippen LogP contribution < -0.4 is 10.1 Å². The lowest BCUT2D eigenvalue weighted by Gasteiger charge is -2.11. The standard InChI is InChI=1S/C21H23F3N2O5S2/c1-3-8-31-14-9-13(4-6-19(27)28)10-15(11-14)33(29,30)20-7-5-17(32-20)16(25)12-18(26-2)21(22,23)24/h5,7,9-12,25-26H,3-4,6,8H2,1-2H3,(H,27,28)/b18-12-,25-16?. The van der Waals surface area contributed by atoms with Gasteiger partial charge in [-0.15, -0.1) is 11.3 Å². The molecule has 0 radical (unpaired) electrons. The summed E-state index contributed by atoms with van der Waals surface area (Å²) in [5, 5.41) is 18.8. The molecule has 0 fully saturated rings. The first kappa shape index (κ1) is 26.4. The molecule has 1 aromatic heterocycles. The van der Waals surface area contributed by atoms with Crippen LogP contribution >= 0.6 is 11.3 Å². The van der Waals surface area contributed by atoms with Crippen molar-refractivity contribution in [1.82, 2.24) is 5.32 Å². The van der Waals surface area contributed by atoms with Gasteiger partial charge in [0.2, 0.25) is 9.84 Å². The van der Waals surface area contributed by atoms with E-state index in [-0.39, 0.29) is 32.6 Å². The Morgan fingerprint density at radius 2 is 1.97 bits per heavy atom. The summed E-state index contributed by atoms with van der Waals surface area (Å²) >= 11 is 0.667. The van der Waals surface area contributed by atoms with Crippen LogP contribution in [0.1, 0.15) is 30.2 Å². The number of benzene rings is 1. The van der Waals surface area contributed by atoms with Crippen molar-refractivity contribution < 1.29 is 36.2 Å². The van der Waals surface area contributed by atoms with E-state index in [1.807, 2.05) is 12.2 Å². The first-order chi connectivity index (χ1) is 15.4.